The topological polar surface area (TPSA) is 64.3 Å². The summed E-state index contributed by atoms with van der Waals surface area (Å²) in [6.45, 7) is 2.37. The molecule has 2 aromatic carbocycles. The molecule has 4 nitrogen and oxygen atoms in total. The predicted molar refractivity (Wildman–Crippen MR) is 81.4 cm³/mol. The lowest BCUT2D eigenvalue weighted by Crippen LogP contribution is -2.13. The monoisotopic (exact) mass is 290 g/mol. The molecule has 5 heteroatoms. The van der Waals surface area contributed by atoms with Crippen molar-refractivity contribution in [2.45, 2.75) is 6.92 Å². The van der Waals surface area contributed by atoms with E-state index in [0.717, 1.165) is 0 Å². The molecule has 0 saturated carbocycles. The van der Waals surface area contributed by atoms with Gasteiger partial charge >= 0.3 is 0 Å². The van der Waals surface area contributed by atoms with Gasteiger partial charge in [-0.2, -0.15) is 0 Å². The first kappa shape index (κ1) is 14.2. The van der Waals surface area contributed by atoms with Crippen LogP contribution in [0.25, 0.3) is 0 Å². The number of hydrogen-bond donors (Lipinski definition) is 2. The molecule has 2 rings (SSSR count). The van der Waals surface area contributed by atoms with E-state index in [2.05, 4.69) is 5.32 Å². The van der Waals surface area contributed by atoms with Gasteiger partial charge in [-0.1, -0.05) is 23.7 Å². The van der Waals surface area contributed by atoms with Crippen molar-refractivity contribution in [3.8, 4) is 5.75 Å². The molecule has 0 aliphatic carbocycles. The van der Waals surface area contributed by atoms with Crippen molar-refractivity contribution in [1.29, 1.82) is 0 Å². The van der Waals surface area contributed by atoms with Crippen LogP contribution in [-0.4, -0.2) is 12.5 Å². The maximum atomic E-state index is 12.2. The third-order valence-corrected chi connectivity index (χ3v) is 3.02. The number of nitrogens with one attached hydrogen (secondary N) is 1. The van der Waals surface area contributed by atoms with Crippen LogP contribution in [0.2, 0.25) is 5.02 Å². The molecule has 3 N–H and O–H groups in total. The van der Waals surface area contributed by atoms with Crippen molar-refractivity contribution in [3.63, 3.8) is 0 Å². The Bertz CT molecular complexity index is 629. The van der Waals surface area contributed by atoms with Crippen LogP contribution in [0, 0.1) is 0 Å². The maximum Gasteiger partial charge on any atom is 0.259 e. The van der Waals surface area contributed by atoms with Gasteiger partial charge in [-0.15, -0.1) is 0 Å². The minimum absolute atomic E-state index is 0.255. The quantitative estimate of drug-likeness (QED) is 0.846. The Hall–Kier alpha value is -2.20. The summed E-state index contributed by atoms with van der Waals surface area (Å²) in [4.78, 5) is 12.2. The molecule has 1 amide bonds. The molecule has 0 fully saturated rings. The van der Waals surface area contributed by atoms with Crippen LogP contribution in [0.15, 0.2) is 42.5 Å². The lowest BCUT2D eigenvalue weighted by atomic mass is 10.2. The number of carbonyl (C=O) groups is 1. The summed E-state index contributed by atoms with van der Waals surface area (Å²) in [5.41, 5.74) is 7.16. The Kier molecular flexibility index (Phi) is 4.48. The van der Waals surface area contributed by atoms with Gasteiger partial charge in [-0.25, -0.2) is 0 Å². The smallest absolute Gasteiger partial charge is 0.259 e. The molecule has 0 unspecified atom stereocenters. The molecule has 0 bridgehead atoms. The summed E-state index contributed by atoms with van der Waals surface area (Å²) in [6, 6.07) is 12.0. The number of halogens is 1. The van der Waals surface area contributed by atoms with E-state index in [1.165, 1.54) is 0 Å². The molecule has 0 atom stereocenters. The highest BCUT2D eigenvalue weighted by atomic mass is 35.5. The van der Waals surface area contributed by atoms with Crippen molar-refractivity contribution >= 4 is 28.9 Å². The lowest BCUT2D eigenvalue weighted by Gasteiger charge is -2.11. The van der Waals surface area contributed by atoms with Crippen LogP contribution in [0.1, 0.15) is 17.3 Å². The number of rotatable bonds is 4. The number of benzene rings is 2. The standard InChI is InChI=1S/C15H15ClN2O2/c1-2-20-14-6-4-3-5-11(14)15(19)18-10-7-8-13(17)12(16)9-10/h3-9H,2,17H2,1H3,(H,18,19). The molecular formula is C15H15ClN2O2. The van der Waals surface area contributed by atoms with Crippen LogP contribution < -0.4 is 15.8 Å². The normalized spacial score (nSPS) is 10.1. The minimum atomic E-state index is -0.255. The fraction of sp³-hybridized carbons (Fsp3) is 0.133. The highest BCUT2D eigenvalue weighted by Crippen LogP contribution is 2.24. The number of anilines is 2. The van der Waals surface area contributed by atoms with Gasteiger partial charge in [0.1, 0.15) is 5.75 Å². The first-order valence-electron chi connectivity index (χ1n) is 6.20. The van der Waals surface area contributed by atoms with E-state index in [1.807, 2.05) is 13.0 Å². The highest BCUT2D eigenvalue weighted by molar-refractivity contribution is 6.33. The molecule has 0 heterocycles. The predicted octanol–water partition coefficient (Wildman–Crippen LogP) is 3.57. The summed E-state index contributed by atoms with van der Waals surface area (Å²) in [6.07, 6.45) is 0. The molecule has 0 spiro atoms. The van der Waals surface area contributed by atoms with Gasteiger partial charge in [0.15, 0.2) is 0 Å². The third kappa shape index (κ3) is 3.22. The van der Waals surface area contributed by atoms with Crippen molar-refractivity contribution < 1.29 is 9.53 Å². The van der Waals surface area contributed by atoms with Crippen LogP contribution in [-0.2, 0) is 0 Å². The first-order chi connectivity index (χ1) is 9.61. The van der Waals surface area contributed by atoms with Crippen LogP contribution in [0.3, 0.4) is 0 Å². The molecule has 0 aromatic heterocycles. The summed E-state index contributed by atoms with van der Waals surface area (Å²) in [5.74, 6) is 0.295. The number of para-hydroxylation sites is 1. The van der Waals surface area contributed by atoms with Crippen molar-refractivity contribution in [2.75, 3.05) is 17.7 Å². The summed E-state index contributed by atoms with van der Waals surface area (Å²) < 4.78 is 5.43. The van der Waals surface area contributed by atoms with E-state index in [-0.39, 0.29) is 5.91 Å². The average molecular weight is 291 g/mol. The minimum Gasteiger partial charge on any atom is -0.493 e. The Balaban J connectivity index is 2.21. The van der Waals surface area contributed by atoms with Gasteiger partial charge in [-0.3, -0.25) is 4.79 Å². The maximum absolute atomic E-state index is 12.2. The molecule has 0 radical (unpaired) electrons. The Labute approximate surface area is 122 Å². The Morgan fingerprint density at radius 3 is 2.75 bits per heavy atom. The number of hydrogen-bond acceptors (Lipinski definition) is 3. The second kappa shape index (κ2) is 6.30. The largest absolute Gasteiger partial charge is 0.493 e. The van der Waals surface area contributed by atoms with Gasteiger partial charge in [0, 0.05) is 5.69 Å². The number of nitrogens with two attached hydrogens (primary N) is 1. The van der Waals surface area contributed by atoms with Crippen molar-refractivity contribution in [3.05, 3.63) is 53.1 Å². The summed E-state index contributed by atoms with van der Waals surface area (Å²) in [7, 11) is 0. The van der Waals surface area contributed by atoms with Gasteiger partial charge in [0.25, 0.3) is 5.91 Å². The number of carbonyl (C=O) groups excluding carboxylic acids is 1. The third-order valence-electron chi connectivity index (χ3n) is 2.69. The zero-order chi connectivity index (χ0) is 14.5. The van der Waals surface area contributed by atoms with E-state index in [4.69, 9.17) is 22.1 Å². The Morgan fingerprint density at radius 2 is 2.05 bits per heavy atom. The molecular weight excluding hydrogens is 276 g/mol. The molecule has 104 valence electrons. The summed E-state index contributed by atoms with van der Waals surface area (Å²) >= 11 is 5.92. The van der Waals surface area contributed by atoms with E-state index in [0.29, 0.717) is 34.3 Å². The highest BCUT2D eigenvalue weighted by Gasteiger charge is 2.12. The summed E-state index contributed by atoms with van der Waals surface area (Å²) in [5, 5.41) is 3.17. The second-order valence-electron chi connectivity index (χ2n) is 4.12. The lowest BCUT2D eigenvalue weighted by molar-refractivity contribution is 0.102. The van der Waals surface area contributed by atoms with E-state index < -0.39 is 0 Å². The Morgan fingerprint density at radius 1 is 1.30 bits per heavy atom. The fourth-order valence-electron chi connectivity index (χ4n) is 1.74. The van der Waals surface area contributed by atoms with Gasteiger partial charge < -0.3 is 15.8 Å². The van der Waals surface area contributed by atoms with Crippen LogP contribution >= 0.6 is 11.6 Å². The van der Waals surface area contributed by atoms with Crippen LogP contribution in [0.4, 0.5) is 11.4 Å². The fourth-order valence-corrected chi connectivity index (χ4v) is 1.92. The first-order valence-corrected chi connectivity index (χ1v) is 6.58. The van der Waals surface area contributed by atoms with E-state index in [9.17, 15) is 4.79 Å². The van der Waals surface area contributed by atoms with Gasteiger partial charge in [0.2, 0.25) is 0 Å². The van der Waals surface area contributed by atoms with Crippen molar-refractivity contribution in [1.82, 2.24) is 0 Å². The number of ether oxygens (including phenoxy) is 1. The van der Waals surface area contributed by atoms with Crippen LogP contribution in [0.5, 0.6) is 5.75 Å². The van der Waals surface area contributed by atoms with E-state index >= 15 is 0 Å². The second-order valence-corrected chi connectivity index (χ2v) is 4.53. The van der Waals surface area contributed by atoms with E-state index in [1.54, 1.807) is 36.4 Å². The number of nitrogen functional groups attached to an aromatic ring is 1. The zero-order valence-electron chi connectivity index (χ0n) is 11.0. The SMILES string of the molecule is CCOc1ccccc1C(=O)Nc1ccc(N)c(Cl)c1. The molecule has 2 aromatic rings. The molecule has 0 aliphatic heterocycles. The average Bonchev–Trinajstić information content (AvgIpc) is 2.44. The van der Waals surface area contributed by atoms with Crippen molar-refractivity contribution in [2.24, 2.45) is 0 Å². The zero-order valence-corrected chi connectivity index (χ0v) is 11.8. The number of amides is 1. The molecule has 20 heavy (non-hydrogen) atoms. The molecule has 0 saturated heterocycles. The van der Waals surface area contributed by atoms with Gasteiger partial charge in [0.05, 0.1) is 22.9 Å². The van der Waals surface area contributed by atoms with Gasteiger partial charge in [-0.05, 0) is 37.3 Å². The molecule has 0 aliphatic rings.